The molecule has 5 nitrogen and oxygen atoms in total. The van der Waals surface area contributed by atoms with E-state index >= 15 is 0 Å². The second-order valence-electron chi connectivity index (χ2n) is 3.32. The monoisotopic (exact) mass is 224 g/mol. The van der Waals surface area contributed by atoms with Gasteiger partial charge in [0.2, 0.25) is 11.0 Å². The maximum atomic E-state index is 5.41. The molecule has 0 radical (unpaired) electrons. The maximum Gasteiger partial charge on any atom is 0.216 e. The lowest BCUT2D eigenvalue weighted by atomic mass is 10.3. The minimum atomic E-state index is 0.00560. The molecule has 0 spiro atoms. The highest BCUT2D eigenvalue weighted by Gasteiger charge is 2.12. The Morgan fingerprint density at radius 2 is 2.27 bits per heavy atom. The van der Waals surface area contributed by atoms with Crippen molar-refractivity contribution in [2.75, 3.05) is 5.32 Å². The molecule has 0 aromatic carbocycles. The number of aromatic nitrogens is 3. The van der Waals surface area contributed by atoms with Gasteiger partial charge in [-0.2, -0.15) is 4.37 Å². The van der Waals surface area contributed by atoms with E-state index in [1.54, 1.807) is 6.20 Å². The smallest absolute Gasteiger partial charge is 0.216 e. The number of rotatable bonds is 3. The van der Waals surface area contributed by atoms with Gasteiger partial charge in [-0.05, 0) is 20.8 Å². The molecule has 0 amide bonds. The van der Waals surface area contributed by atoms with Gasteiger partial charge in [-0.3, -0.25) is 0 Å². The van der Waals surface area contributed by atoms with Gasteiger partial charge >= 0.3 is 0 Å². The van der Waals surface area contributed by atoms with Crippen molar-refractivity contribution in [2.45, 2.75) is 26.8 Å². The van der Waals surface area contributed by atoms with Crippen molar-refractivity contribution in [2.24, 2.45) is 0 Å². The highest BCUT2D eigenvalue weighted by Crippen LogP contribution is 2.19. The Bertz CT molecular complexity index is 450. The van der Waals surface area contributed by atoms with E-state index in [9.17, 15) is 0 Å². The Kier molecular flexibility index (Phi) is 2.68. The molecule has 0 aliphatic carbocycles. The Hall–Kier alpha value is -1.43. The summed E-state index contributed by atoms with van der Waals surface area (Å²) in [5, 5.41) is 3.97. The molecule has 2 heterocycles. The van der Waals surface area contributed by atoms with Crippen molar-refractivity contribution in [3.8, 4) is 0 Å². The molecule has 2 rings (SSSR count). The highest BCUT2D eigenvalue weighted by atomic mass is 32.1. The average Bonchev–Trinajstić information content (AvgIpc) is 2.75. The van der Waals surface area contributed by atoms with E-state index in [2.05, 4.69) is 19.7 Å². The normalized spacial score (nSPS) is 12.7. The van der Waals surface area contributed by atoms with Gasteiger partial charge in [-0.1, -0.05) is 0 Å². The van der Waals surface area contributed by atoms with Gasteiger partial charge in [0, 0.05) is 11.5 Å². The summed E-state index contributed by atoms with van der Waals surface area (Å²) in [6, 6.07) is 0.00560. The summed E-state index contributed by atoms with van der Waals surface area (Å²) in [4.78, 5) is 8.36. The van der Waals surface area contributed by atoms with Crippen molar-refractivity contribution in [3.05, 3.63) is 23.7 Å². The number of hydrogen-bond donors (Lipinski definition) is 1. The van der Waals surface area contributed by atoms with Crippen LogP contribution in [0.2, 0.25) is 0 Å². The van der Waals surface area contributed by atoms with Crippen molar-refractivity contribution in [3.63, 3.8) is 0 Å². The number of oxazole rings is 1. The molecule has 15 heavy (non-hydrogen) atoms. The quantitative estimate of drug-likeness (QED) is 0.866. The minimum absolute atomic E-state index is 0.00560. The molecule has 0 aliphatic heterocycles. The van der Waals surface area contributed by atoms with Crippen LogP contribution in [0.5, 0.6) is 0 Å². The van der Waals surface area contributed by atoms with Gasteiger partial charge < -0.3 is 9.73 Å². The van der Waals surface area contributed by atoms with Gasteiger partial charge in [0.15, 0.2) is 0 Å². The minimum Gasteiger partial charge on any atom is -0.444 e. The van der Waals surface area contributed by atoms with Crippen molar-refractivity contribution in [1.29, 1.82) is 0 Å². The largest absolute Gasteiger partial charge is 0.444 e. The Morgan fingerprint density at radius 1 is 1.47 bits per heavy atom. The van der Waals surface area contributed by atoms with Gasteiger partial charge in [0.1, 0.15) is 17.6 Å². The number of hydrogen-bond acceptors (Lipinski definition) is 6. The van der Waals surface area contributed by atoms with E-state index in [0.717, 1.165) is 16.7 Å². The summed E-state index contributed by atoms with van der Waals surface area (Å²) < 4.78 is 9.49. The van der Waals surface area contributed by atoms with E-state index in [4.69, 9.17) is 4.42 Å². The first kappa shape index (κ1) is 10.1. The van der Waals surface area contributed by atoms with Gasteiger partial charge in [0.25, 0.3) is 0 Å². The van der Waals surface area contributed by atoms with E-state index in [0.29, 0.717) is 5.89 Å². The standard InChI is InChI=1S/C9H12N4OS/c1-5-4-10-8(14-5)6(2)11-9-12-7(3)13-15-9/h4,6H,1-3H3,(H,11,12,13). The molecule has 80 valence electrons. The molecule has 1 atom stereocenters. The summed E-state index contributed by atoms with van der Waals surface area (Å²) in [6.07, 6.45) is 1.71. The zero-order chi connectivity index (χ0) is 10.8. The highest BCUT2D eigenvalue weighted by molar-refractivity contribution is 7.09. The predicted octanol–water partition coefficient (Wildman–Crippen LogP) is 2.32. The molecule has 0 fully saturated rings. The average molecular weight is 224 g/mol. The van der Waals surface area contributed by atoms with Gasteiger partial charge in [-0.25, -0.2) is 9.97 Å². The number of nitrogens with one attached hydrogen (secondary N) is 1. The van der Waals surface area contributed by atoms with Crippen LogP contribution in [0.4, 0.5) is 5.13 Å². The Balaban J connectivity index is 2.06. The predicted molar refractivity (Wildman–Crippen MR) is 57.9 cm³/mol. The van der Waals surface area contributed by atoms with Crippen LogP contribution in [-0.2, 0) is 0 Å². The van der Waals surface area contributed by atoms with Crippen LogP contribution in [0.1, 0.15) is 30.4 Å². The summed E-state index contributed by atoms with van der Waals surface area (Å²) in [5.74, 6) is 2.26. The van der Waals surface area contributed by atoms with E-state index in [1.165, 1.54) is 11.5 Å². The SMILES string of the molecule is Cc1nsc(NC(C)c2ncc(C)o2)n1. The summed E-state index contributed by atoms with van der Waals surface area (Å²) in [6.45, 7) is 5.71. The molecule has 0 saturated heterocycles. The van der Waals surface area contributed by atoms with Crippen molar-refractivity contribution < 1.29 is 4.42 Å². The van der Waals surface area contributed by atoms with Gasteiger partial charge in [0.05, 0.1) is 6.20 Å². The van der Waals surface area contributed by atoms with E-state index < -0.39 is 0 Å². The summed E-state index contributed by atoms with van der Waals surface area (Å²) >= 11 is 1.34. The molecule has 6 heteroatoms. The third-order valence-corrected chi connectivity index (χ3v) is 2.61. The van der Waals surface area contributed by atoms with Crippen LogP contribution in [0.3, 0.4) is 0 Å². The zero-order valence-electron chi connectivity index (χ0n) is 8.81. The third kappa shape index (κ3) is 2.33. The fraction of sp³-hybridized carbons (Fsp3) is 0.444. The number of anilines is 1. The van der Waals surface area contributed by atoms with Crippen molar-refractivity contribution >= 4 is 16.7 Å². The number of nitrogens with zero attached hydrogens (tertiary/aromatic N) is 3. The molecule has 0 aliphatic rings. The first-order chi connectivity index (χ1) is 7.15. The molecular weight excluding hydrogens is 212 g/mol. The fourth-order valence-corrected chi connectivity index (χ4v) is 1.84. The second kappa shape index (κ2) is 3.98. The van der Waals surface area contributed by atoms with Crippen molar-refractivity contribution in [1.82, 2.24) is 14.3 Å². The fourth-order valence-electron chi connectivity index (χ4n) is 1.18. The van der Waals surface area contributed by atoms with Crippen LogP contribution in [-0.4, -0.2) is 14.3 Å². The van der Waals surface area contributed by atoms with E-state index in [1.807, 2.05) is 20.8 Å². The Labute approximate surface area is 91.7 Å². The zero-order valence-corrected chi connectivity index (χ0v) is 9.63. The summed E-state index contributed by atoms with van der Waals surface area (Å²) in [5.41, 5.74) is 0. The lowest BCUT2D eigenvalue weighted by Gasteiger charge is -2.07. The summed E-state index contributed by atoms with van der Waals surface area (Å²) in [7, 11) is 0. The first-order valence-electron chi connectivity index (χ1n) is 4.64. The molecular formula is C9H12N4OS. The molecule has 2 aromatic rings. The molecule has 2 aromatic heterocycles. The van der Waals surface area contributed by atoms with Crippen LogP contribution >= 0.6 is 11.5 Å². The first-order valence-corrected chi connectivity index (χ1v) is 5.41. The molecule has 0 saturated carbocycles. The van der Waals surface area contributed by atoms with E-state index in [-0.39, 0.29) is 6.04 Å². The van der Waals surface area contributed by atoms with Crippen LogP contribution in [0.15, 0.2) is 10.6 Å². The molecule has 1 unspecified atom stereocenters. The second-order valence-corrected chi connectivity index (χ2v) is 4.07. The third-order valence-electron chi connectivity index (χ3n) is 1.88. The van der Waals surface area contributed by atoms with Gasteiger partial charge in [-0.15, -0.1) is 0 Å². The number of aryl methyl sites for hydroxylation is 2. The molecule has 1 N–H and O–H groups in total. The van der Waals surface area contributed by atoms with Crippen LogP contribution in [0.25, 0.3) is 0 Å². The maximum absolute atomic E-state index is 5.41. The lowest BCUT2D eigenvalue weighted by molar-refractivity contribution is 0.453. The van der Waals surface area contributed by atoms with Crippen LogP contribution < -0.4 is 5.32 Å². The lowest BCUT2D eigenvalue weighted by Crippen LogP contribution is -2.06. The Morgan fingerprint density at radius 3 is 2.80 bits per heavy atom. The van der Waals surface area contributed by atoms with Crippen LogP contribution in [0, 0.1) is 13.8 Å². The molecule has 0 bridgehead atoms. The topological polar surface area (TPSA) is 63.8 Å².